The second-order valence-electron chi connectivity index (χ2n) is 1.87. The van der Waals surface area contributed by atoms with Crippen molar-refractivity contribution in [3.05, 3.63) is 0 Å². The molecule has 0 bridgehead atoms. The highest BCUT2D eigenvalue weighted by atomic mass is 32.2. The van der Waals surface area contributed by atoms with Crippen LogP contribution in [-0.2, 0) is 4.74 Å². The Morgan fingerprint density at radius 1 is 1.50 bits per heavy atom. The molecule has 3 heteroatoms. The van der Waals surface area contributed by atoms with Gasteiger partial charge in [0, 0.05) is 19.3 Å². The summed E-state index contributed by atoms with van der Waals surface area (Å²) in [6.45, 7) is 0.817. The lowest BCUT2D eigenvalue weighted by Crippen LogP contribution is -1.92. The molecule has 0 amide bonds. The first kappa shape index (κ1) is 9.80. The third-order valence-corrected chi connectivity index (χ3v) is 2.04. The quantitative estimate of drug-likeness (QED) is 0.553. The molecule has 0 aliphatic carbocycles. The molecule has 0 rings (SSSR count). The lowest BCUT2D eigenvalue weighted by Gasteiger charge is -1.96. The molecule has 0 heterocycles. The molecule has 0 aromatic carbocycles. The number of methoxy groups -OCH3 is 1. The highest BCUT2D eigenvalue weighted by molar-refractivity contribution is 7.99. The van der Waals surface area contributed by atoms with Gasteiger partial charge >= 0.3 is 0 Å². The van der Waals surface area contributed by atoms with E-state index >= 15 is 0 Å². The van der Waals surface area contributed by atoms with Gasteiger partial charge in [-0.1, -0.05) is 0 Å². The lowest BCUT2D eigenvalue weighted by atomic mass is 10.4. The molecule has 0 spiro atoms. The summed E-state index contributed by atoms with van der Waals surface area (Å²) in [5.74, 6) is 2.12. The summed E-state index contributed by atoms with van der Waals surface area (Å²) in [6, 6.07) is 2.11. The summed E-state index contributed by atoms with van der Waals surface area (Å²) in [4.78, 5) is 0. The van der Waals surface area contributed by atoms with Crippen molar-refractivity contribution in [3.63, 3.8) is 0 Å². The molecule has 0 radical (unpaired) electrons. The van der Waals surface area contributed by atoms with E-state index in [2.05, 4.69) is 6.07 Å². The predicted octanol–water partition coefficient (Wildman–Crippen LogP) is 1.67. The molecule has 2 nitrogen and oxygen atoms in total. The van der Waals surface area contributed by atoms with E-state index in [1.54, 1.807) is 7.11 Å². The minimum Gasteiger partial charge on any atom is -0.384 e. The molecule has 0 atom stereocenters. The third kappa shape index (κ3) is 7.80. The topological polar surface area (TPSA) is 33.0 Å². The van der Waals surface area contributed by atoms with Crippen molar-refractivity contribution in [3.8, 4) is 6.07 Å². The standard InChI is InChI=1S/C7H13NOS/c1-9-5-7-10-6-3-2-4-8/h2-3,5-7H2,1H3. The van der Waals surface area contributed by atoms with Gasteiger partial charge in [0.1, 0.15) is 0 Å². The van der Waals surface area contributed by atoms with Crippen LogP contribution in [0.5, 0.6) is 0 Å². The lowest BCUT2D eigenvalue weighted by molar-refractivity contribution is 0.218. The number of hydrogen-bond donors (Lipinski definition) is 0. The molecule has 0 aliphatic rings. The smallest absolute Gasteiger partial charge is 0.0622 e. The van der Waals surface area contributed by atoms with Gasteiger partial charge in [-0.3, -0.25) is 0 Å². The van der Waals surface area contributed by atoms with E-state index < -0.39 is 0 Å². The predicted molar refractivity (Wildman–Crippen MR) is 44.0 cm³/mol. The Balaban J connectivity index is 2.72. The summed E-state index contributed by atoms with van der Waals surface area (Å²) in [5.41, 5.74) is 0. The van der Waals surface area contributed by atoms with Gasteiger partial charge in [0.05, 0.1) is 12.7 Å². The molecule has 0 fully saturated rings. The number of nitrogens with zero attached hydrogens (tertiary/aromatic N) is 1. The molecule has 0 N–H and O–H groups in total. The number of ether oxygens (including phenoxy) is 1. The molecular formula is C7H13NOS. The van der Waals surface area contributed by atoms with Gasteiger partial charge in [-0.15, -0.1) is 0 Å². The van der Waals surface area contributed by atoms with Crippen molar-refractivity contribution in [2.75, 3.05) is 25.2 Å². The Morgan fingerprint density at radius 3 is 2.90 bits per heavy atom. The summed E-state index contributed by atoms with van der Waals surface area (Å²) in [7, 11) is 1.70. The molecule has 10 heavy (non-hydrogen) atoms. The van der Waals surface area contributed by atoms with Crippen molar-refractivity contribution in [1.82, 2.24) is 0 Å². The van der Waals surface area contributed by atoms with Gasteiger partial charge in [0.25, 0.3) is 0 Å². The van der Waals surface area contributed by atoms with Crippen LogP contribution in [0.15, 0.2) is 0 Å². The fraction of sp³-hybridized carbons (Fsp3) is 0.857. The Hall–Kier alpha value is -0.200. The second-order valence-corrected chi connectivity index (χ2v) is 3.09. The number of hydrogen-bond acceptors (Lipinski definition) is 3. The van der Waals surface area contributed by atoms with E-state index in [9.17, 15) is 0 Å². The summed E-state index contributed by atoms with van der Waals surface area (Å²) >= 11 is 1.84. The van der Waals surface area contributed by atoms with E-state index in [0.717, 1.165) is 24.5 Å². The number of thioether (sulfide) groups is 1. The number of nitriles is 1. The molecule has 0 aromatic rings. The maximum absolute atomic E-state index is 8.19. The third-order valence-electron chi connectivity index (χ3n) is 1.01. The Kier molecular flexibility index (Phi) is 8.62. The fourth-order valence-corrected chi connectivity index (χ4v) is 1.33. The van der Waals surface area contributed by atoms with Crippen LogP contribution in [0.2, 0.25) is 0 Å². The van der Waals surface area contributed by atoms with E-state index in [1.165, 1.54) is 0 Å². The summed E-state index contributed by atoms with van der Waals surface area (Å²) in [6.07, 6.45) is 1.69. The zero-order valence-corrected chi connectivity index (χ0v) is 7.12. The zero-order valence-electron chi connectivity index (χ0n) is 6.30. The fourth-order valence-electron chi connectivity index (χ4n) is 0.498. The normalized spacial score (nSPS) is 9.20. The molecule has 0 unspecified atom stereocenters. The first-order valence-electron chi connectivity index (χ1n) is 3.35. The van der Waals surface area contributed by atoms with Crippen molar-refractivity contribution in [2.24, 2.45) is 0 Å². The molecule has 0 saturated carbocycles. The van der Waals surface area contributed by atoms with Crippen LogP contribution in [0.3, 0.4) is 0 Å². The van der Waals surface area contributed by atoms with Crippen LogP contribution < -0.4 is 0 Å². The second kappa shape index (κ2) is 8.80. The first-order valence-corrected chi connectivity index (χ1v) is 4.51. The van der Waals surface area contributed by atoms with E-state index in [-0.39, 0.29) is 0 Å². The summed E-state index contributed by atoms with van der Waals surface area (Å²) < 4.78 is 4.86. The molecule has 0 saturated heterocycles. The van der Waals surface area contributed by atoms with E-state index in [4.69, 9.17) is 10.00 Å². The van der Waals surface area contributed by atoms with Gasteiger partial charge in [-0.2, -0.15) is 17.0 Å². The van der Waals surface area contributed by atoms with Gasteiger partial charge in [-0.05, 0) is 12.2 Å². The molecule has 0 aromatic heterocycles. The number of unbranched alkanes of at least 4 members (excludes halogenated alkanes) is 1. The van der Waals surface area contributed by atoms with E-state index in [1.807, 2.05) is 11.8 Å². The van der Waals surface area contributed by atoms with Crippen molar-refractivity contribution in [1.29, 1.82) is 5.26 Å². The minimum absolute atomic E-state index is 0.681. The summed E-state index contributed by atoms with van der Waals surface area (Å²) in [5, 5.41) is 8.19. The Morgan fingerprint density at radius 2 is 2.30 bits per heavy atom. The van der Waals surface area contributed by atoms with Gasteiger partial charge in [0.2, 0.25) is 0 Å². The van der Waals surface area contributed by atoms with Crippen molar-refractivity contribution >= 4 is 11.8 Å². The average molecular weight is 159 g/mol. The van der Waals surface area contributed by atoms with Crippen LogP contribution in [0.1, 0.15) is 12.8 Å². The van der Waals surface area contributed by atoms with Gasteiger partial charge in [0.15, 0.2) is 0 Å². The Labute approximate surface area is 66.6 Å². The van der Waals surface area contributed by atoms with Gasteiger partial charge in [-0.25, -0.2) is 0 Å². The average Bonchev–Trinajstić information content (AvgIpc) is 1.97. The van der Waals surface area contributed by atoms with Crippen LogP contribution in [0.25, 0.3) is 0 Å². The van der Waals surface area contributed by atoms with Gasteiger partial charge < -0.3 is 4.74 Å². The number of rotatable bonds is 6. The monoisotopic (exact) mass is 159 g/mol. The van der Waals surface area contributed by atoms with Crippen LogP contribution in [0.4, 0.5) is 0 Å². The Bertz CT molecular complexity index is 100. The molecular weight excluding hydrogens is 146 g/mol. The first-order chi connectivity index (χ1) is 4.91. The molecule has 58 valence electrons. The van der Waals surface area contributed by atoms with E-state index in [0.29, 0.717) is 6.42 Å². The largest absolute Gasteiger partial charge is 0.384 e. The van der Waals surface area contributed by atoms with Crippen LogP contribution in [0, 0.1) is 11.3 Å². The van der Waals surface area contributed by atoms with Crippen LogP contribution in [-0.4, -0.2) is 25.2 Å². The maximum atomic E-state index is 8.19. The minimum atomic E-state index is 0.681. The van der Waals surface area contributed by atoms with Crippen LogP contribution >= 0.6 is 11.8 Å². The molecule has 0 aliphatic heterocycles. The van der Waals surface area contributed by atoms with Crippen molar-refractivity contribution in [2.45, 2.75) is 12.8 Å². The SMILES string of the molecule is COCCSCCCC#N. The highest BCUT2D eigenvalue weighted by Crippen LogP contribution is 2.02. The van der Waals surface area contributed by atoms with Crippen molar-refractivity contribution < 1.29 is 4.74 Å². The highest BCUT2D eigenvalue weighted by Gasteiger charge is 1.87. The zero-order chi connectivity index (χ0) is 7.66. The maximum Gasteiger partial charge on any atom is 0.0622 e.